The molecule has 2 aromatic heterocycles. The number of imidazole rings is 1. The molecule has 0 bridgehead atoms. The van der Waals surface area contributed by atoms with Gasteiger partial charge >= 0.3 is 0 Å². The molecule has 2 N–H and O–H groups in total. The fourth-order valence-electron chi connectivity index (χ4n) is 2.71. The van der Waals surface area contributed by atoms with Crippen molar-refractivity contribution in [2.24, 2.45) is 0 Å². The van der Waals surface area contributed by atoms with E-state index in [4.69, 9.17) is 0 Å². The fraction of sp³-hybridized carbons (Fsp3) is 0.0588. The van der Waals surface area contributed by atoms with Crippen LogP contribution in [0.4, 0.5) is 4.39 Å². The monoisotopic (exact) mass is 308 g/mol. The fourth-order valence-corrected chi connectivity index (χ4v) is 2.71. The highest BCUT2D eigenvalue weighted by molar-refractivity contribution is 5.76. The average Bonchev–Trinajstić information content (AvgIpc) is 3.08. The summed E-state index contributed by atoms with van der Waals surface area (Å²) in [4.78, 5) is 20.0. The predicted octanol–water partition coefficient (Wildman–Crippen LogP) is 3.16. The summed E-state index contributed by atoms with van der Waals surface area (Å²) >= 11 is 0. The molecule has 0 atom stereocenters. The summed E-state index contributed by atoms with van der Waals surface area (Å²) in [5, 5.41) is 3.02. The normalized spacial score (nSPS) is 11.2. The second-order valence-electron chi connectivity index (χ2n) is 5.34. The van der Waals surface area contributed by atoms with Crippen LogP contribution in [0.1, 0.15) is 5.69 Å². The van der Waals surface area contributed by atoms with Gasteiger partial charge in [0, 0.05) is 5.69 Å². The summed E-state index contributed by atoms with van der Waals surface area (Å²) in [6.07, 6.45) is 0. The lowest BCUT2D eigenvalue weighted by molar-refractivity contribution is 0.629. The maximum atomic E-state index is 13.3. The highest BCUT2D eigenvalue weighted by Crippen LogP contribution is 2.20. The quantitative estimate of drug-likeness (QED) is 0.597. The zero-order valence-electron chi connectivity index (χ0n) is 12.3. The Kier molecular flexibility index (Phi) is 2.90. The number of benzene rings is 2. The molecular formula is C17H13FN4O. The number of aromatic nitrogens is 4. The van der Waals surface area contributed by atoms with Gasteiger partial charge < -0.3 is 4.98 Å². The second kappa shape index (κ2) is 4.95. The lowest BCUT2D eigenvalue weighted by Gasteiger charge is -1.96. The predicted molar refractivity (Wildman–Crippen MR) is 86.2 cm³/mol. The third-order valence-corrected chi connectivity index (χ3v) is 3.78. The van der Waals surface area contributed by atoms with Crippen molar-refractivity contribution < 1.29 is 4.39 Å². The number of nitrogens with zero attached hydrogens (tertiary/aromatic N) is 2. The Morgan fingerprint density at radius 1 is 1.13 bits per heavy atom. The Balaban J connectivity index is 1.91. The molecule has 0 fully saturated rings. The van der Waals surface area contributed by atoms with Crippen LogP contribution in [-0.2, 0) is 0 Å². The highest BCUT2D eigenvalue weighted by Gasteiger charge is 2.16. The van der Waals surface area contributed by atoms with Crippen LogP contribution in [0.3, 0.4) is 0 Å². The van der Waals surface area contributed by atoms with E-state index in [1.54, 1.807) is 6.07 Å². The van der Waals surface area contributed by atoms with Gasteiger partial charge in [-0.2, -0.15) is 4.68 Å². The van der Waals surface area contributed by atoms with Crippen LogP contribution < -0.4 is 5.56 Å². The van der Waals surface area contributed by atoms with Crippen molar-refractivity contribution >= 4 is 11.0 Å². The van der Waals surface area contributed by atoms with Crippen molar-refractivity contribution in [1.82, 2.24) is 19.7 Å². The molecule has 0 aliphatic rings. The minimum atomic E-state index is -0.354. The summed E-state index contributed by atoms with van der Waals surface area (Å²) in [6, 6.07) is 13.7. The summed E-state index contributed by atoms with van der Waals surface area (Å²) in [5.74, 6) is -0.0198. The molecule has 0 unspecified atom stereocenters. The van der Waals surface area contributed by atoms with E-state index in [-0.39, 0.29) is 11.4 Å². The molecule has 6 heteroatoms. The molecule has 0 aliphatic carbocycles. The summed E-state index contributed by atoms with van der Waals surface area (Å²) < 4.78 is 14.6. The smallest absolute Gasteiger partial charge is 0.281 e. The minimum absolute atomic E-state index is 0.201. The van der Waals surface area contributed by atoms with Gasteiger partial charge in [-0.15, -0.1) is 0 Å². The van der Waals surface area contributed by atoms with Crippen LogP contribution in [0.2, 0.25) is 0 Å². The molecule has 2 heterocycles. The summed E-state index contributed by atoms with van der Waals surface area (Å²) in [5.41, 5.74) is 3.12. The molecule has 0 saturated carbocycles. The number of H-pyrrole nitrogens is 2. The largest absolute Gasteiger partial charge is 0.322 e. The van der Waals surface area contributed by atoms with Gasteiger partial charge in [-0.05, 0) is 30.7 Å². The topological polar surface area (TPSA) is 66.5 Å². The Labute approximate surface area is 130 Å². The van der Waals surface area contributed by atoms with Gasteiger partial charge in [0.1, 0.15) is 5.82 Å². The van der Waals surface area contributed by atoms with Gasteiger partial charge in [-0.25, -0.2) is 9.37 Å². The molecule has 0 saturated heterocycles. The Morgan fingerprint density at radius 2 is 1.91 bits per heavy atom. The molecular weight excluding hydrogens is 295 g/mol. The summed E-state index contributed by atoms with van der Waals surface area (Å²) in [7, 11) is 0. The maximum absolute atomic E-state index is 13.3. The van der Waals surface area contributed by atoms with Crippen molar-refractivity contribution in [3.8, 4) is 17.1 Å². The van der Waals surface area contributed by atoms with E-state index in [1.165, 1.54) is 16.8 Å². The molecule has 114 valence electrons. The third-order valence-electron chi connectivity index (χ3n) is 3.78. The Bertz CT molecular complexity index is 1060. The zero-order valence-corrected chi connectivity index (χ0v) is 12.3. The van der Waals surface area contributed by atoms with Gasteiger partial charge in [-0.3, -0.25) is 9.89 Å². The van der Waals surface area contributed by atoms with Crippen LogP contribution in [0.25, 0.3) is 28.1 Å². The number of hydrogen-bond donors (Lipinski definition) is 2. The molecule has 0 spiro atoms. The van der Waals surface area contributed by atoms with Gasteiger partial charge in [0.25, 0.3) is 5.56 Å². The van der Waals surface area contributed by atoms with Crippen molar-refractivity contribution in [3.05, 3.63) is 70.4 Å². The molecule has 0 amide bonds. The van der Waals surface area contributed by atoms with Crippen molar-refractivity contribution in [2.45, 2.75) is 6.92 Å². The van der Waals surface area contributed by atoms with Crippen LogP contribution in [-0.4, -0.2) is 19.7 Å². The van der Waals surface area contributed by atoms with Crippen LogP contribution in [0.5, 0.6) is 0 Å². The SMILES string of the molecule is Cc1[nH]n(-c2nc3ccc(F)cc3[nH]2)c(=O)c1-c1ccccc1. The number of halogens is 1. The first-order chi connectivity index (χ1) is 11.1. The van der Waals surface area contributed by atoms with Crippen molar-refractivity contribution in [2.75, 3.05) is 0 Å². The van der Waals surface area contributed by atoms with E-state index in [0.717, 1.165) is 11.3 Å². The van der Waals surface area contributed by atoms with Gasteiger partial charge in [0.2, 0.25) is 5.95 Å². The average molecular weight is 308 g/mol. The lowest BCUT2D eigenvalue weighted by atomic mass is 10.1. The van der Waals surface area contributed by atoms with Crippen molar-refractivity contribution in [3.63, 3.8) is 0 Å². The number of aryl methyl sites for hydroxylation is 1. The van der Waals surface area contributed by atoms with Gasteiger partial charge in [-0.1, -0.05) is 30.3 Å². The molecule has 2 aromatic carbocycles. The number of hydrogen-bond acceptors (Lipinski definition) is 2. The molecule has 0 aliphatic heterocycles. The first-order valence-electron chi connectivity index (χ1n) is 7.16. The van der Waals surface area contributed by atoms with E-state index in [2.05, 4.69) is 15.1 Å². The van der Waals surface area contributed by atoms with Crippen LogP contribution in [0, 0.1) is 12.7 Å². The maximum Gasteiger partial charge on any atom is 0.281 e. The van der Waals surface area contributed by atoms with Crippen molar-refractivity contribution in [1.29, 1.82) is 0 Å². The summed E-state index contributed by atoms with van der Waals surface area (Å²) in [6.45, 7) is 1.84. The second-order valence-corrected chi connectivity index (χ2v) is 5.34. The highest BCUT2D eigenvalue weighted by atomic mass is 19.1. The molecule has 23 heavy (non-hydrogen) atoms. The number of rotatable bonds is 2. The van der Waals surface area contributed by atoms with E-state index in [0.29, 0.717) is 22.5 Å². The van der Waals surface area contributed by atoms with Gasteiger partial charge in [0.05, 0.1) is 16.6 Å². The Morgan fingerprint density at radius 3 is 2.70 bits per heavy atom. The third kappa shape index (κ3) is 2.15. The van der Waals surface area contributed by atoms with Crippen LogP contribution in [0.15, 0.2) is 53.3 Å². The van der Waals surface area contributed by atoms with E-state index < -0.39 is 0 Å². The standard InChI is InChI=1S/C17H13FN4O/c1-10-15(11-5-3-2-4-6-11)16(23)22(21-10)17-19-13-8-7-12(18)9-14(13)20-17/h2-9,21H,1H3,(H,19,20). The molecule has 5 nitrogen and oxygen atoms in total. The molecule has 4 rings (SSSR count). The van der Waals surface area contributed by atoms with Crippen LogP contribution >= 0.6 is 0 Å². The van der Waals surface area contributed by atoms with E-state index >= 15 is 0 Å². The molecule has 4 aromatic rings. The first kappa shape index (κ1) is 13.5. The number of aromatic amines is 2. The number of fused-ring (bicyclic) bond motifs is 1. The first-order valence-corrected chi connectivity index (χ1v) is 7.16. The zero-order chi connectivity index (χ0) is 16.0. The Hall–Kier alpha value is -3.15. The lowest BCUT2D eigenvalue weighted by Crippen LogP contribution is -2.16. The molecule has 0 radical (unpaired) electrons. The van der Waals surface area contributed by atoms with E-state index in [1.807, 2.05) is 37.3 Å². The van der Waals surface area contributed by atoms with Gasteiger partial charge in [0.15, 0.2) is 0 Å². The van der Waals surface area contributed by atoms with E-state index in [9.17, 15) is 9.18 Å². The minimum Gasteiger partial charge on any atom is -0.322 e. The number of nitrogens with one attached hydrogen (secondary N) is 2.